The summed E-state index contributed by atoms with van der Waals surface area (Å²) in [6.07, 6.45) is -8.42. The molecule has 1 saturated heterocycles. The minimum absolute atomic E-state index is 0.00876. The Morgan fingerprint density at radius 1 is 0.917 bits per heavy atom. The van der Waals surface area contributed by atoms with Gasteiger partial charge in [0.25, 0.3) is 0 Å². The zero-order valence-electron chi connectivity index (χ0n) is 19.0. The SMILES string of the molecule is COc1cc(-c2oc3cc(O)c(OC)c(O)c3c(=O)c2O[C@@H]2O[C@H](CO)[C@H](O)[C@H](O)[C@H]2O)ccc1O. The lowest BCUT2D eigenvalue weighted by atomic mass is 9.99. The molecule has 0 spiro atoms. The topological polar surface area (TPSA) is 209 Å². The zero-order chi connectivity index (χ0) is 26.3. The smallest absolute Gasteiger partial charge is 0.239 e. The highest BCUT2D eigenvalue weighted by atomic mass is 16.7. The Bertz CT molecular complexity index is 1330. The Labute approximate surface area is 202 Å². The molecule has 0 amide bonds. The molecule has 7 N–H and O–H groups in total. The molecule has 13 heteroatoms. The van der Waals surface area contributed by atoms with Crippen LogP contribution in [-0.2, 0) is 4.74 Å². The fourth-order valence-corrected chi connectivity index (χ4v) is 3.88. The van der Waals surface area contributed by atoms with Gasteiger partial charge in [-0.05, 0) is 18.2 Å². The van der Waals surface area contributed by atoms with Gasteiger partial charge in [-0.2, -0.15) is 0 Å². The summed E-state index contributed by atoms with van der Waals surface area (Å²) < 4.78 is 26.8. The number of ether oxygens (including phenoxy) is 4. The number of hydrogen-bond donors (Lipinski definition) is 7. The van der Waals surface area contributed by atoms with Gasteiger partial charge in [-0.15, -0.1) is 0 Å². The maximum Gasteiger partial charge on any atom is 0.239 e. The molecule has 3 aromatic rings. The van der Waals surface area contributed by atoms with E-state index in [-0.39, 0.29) is 28.4 Å². The second-order valence-electron chi connectivity index (χ2n) is 7.94. The van der Waals surface area contributed by atoms with Crippen LogP contribution in [0.5, 0.6) is 34.5 Å². The number of aliphatic hydroxyl groups excluding tert-OH is 4. The molecule has 0 aliphatic carbocycles. The summed E-state index contributed by atoms with van der Waals surface area (Å²) in [4.78, 5) is 13.6. The lowest BCUT2D eigenvalue weighted by Crippen LogP contribution is -2.60. The summed E-state index contributed by atoms with van der Waals surface area (Å²) in [5.74, 6) is -2.80. The molecule has 1 aliphatic heterocycles. The fraction of sp³-hybridized carbons (Fsp3) is 0.348. The Balaban J connectivity index is 1.96. The summed E-state index contributed by atoms with van der Waals surface area (Å²) in [5, 5.41) is 70.3. The van der Waals surface area contributed by atoms with Crippen molar-refractivity contribution in [1.29, 1.82) is 0 Å². The van der Waals surface area contributed by atoms with E-state index in [4.69, 9.17) is 23.4 Å². The average Bonchev–Trinajstić information content (AvgIpc) is 2.85. The van der Waals surface area contributed by atoms with Crippen LogP contribution in [0.3, 0.4) is 0 Å². The van der Waals surface area contributed by atoms with E-state index in [0.717, 1.165) is 13.2 Å². The molecule has 5 atom stereocenters. The van der Waals surface area contributed by atoms with Crippen LogP contribution in [-0.4, -0.2) is 87.3 Å². The molecule has 0 bridgehead atoms. The molecule has 1 aromatic heterocycles. The predicted octanol–water partition coefficient (Wildman–Crippen LogP) is -0.227. The van der Waals surface area contributed by atoms with E-state index in [9.17, 15) is 40.5 Å². The Morgan fingerprint density at radius 3 is 2.28 bits per heavy atom. The number of benzene rings is 2. The average molecular weight is 508 g/mol. The van der Waals surface area contributed by atoms with Gasteiger partial charge in [-0.3, -0.25) is 4.79 Å². The monoisotopic (exact) mass is 508 g/mol. The van der Waals surface area contributed by atoms with Gasteiger partial charge < -0.3 is 59.1 Å². The first-order valence-corrected chi connectivity index (χ1v) is 10.6. The summed E-state index contributed by atoms with van der Waals surface area (Å²) in [5.41, 5.74) is -1.11. The minimum Gasteiger partial charge on any atom is -0.504 e. The highest BCUT2D eigenvalue weighted by Gasteiger charge is 2.45. The normalized spacial score (nSPS) is 24.0. The summed E-state index contributed by atoms with van der Waals surface area (Å²) in [7, 11) is 2.45. The predicted molar refractivity (Wildman–Crippen MR) is 120 cm³/mol. The molecule has 13 nitrogen and oxygen atoms in total. The largest absolute Gasteiger partial charge is 0.504 e. The first-order valence-electron chi connectivity index (χ1n) is 10.6. The maximum atomic E-state index is 13.6. The van der Waals surface area contributed by atoms with Gasteiger partial charge in [0.1, 0.15) is 35.4 Å². The third-order valence-corrected chi connectivity index (χ3v) is 5.78. The number of phenols is 3. The third-order valence-electron chi connectivity index (χ3n) is 5.78. The van der Waals surface area contributed by atoms with Gasteiger partial charge >= 0.3 is 0 Å². The van der Waals surface area contributed by atoms with Crippen molar-refractivity contribution in [2.45, 2.75) is 30.7 Å². The molecule has 36 heavy (non-hydrogen) atoms. The van der Waals surface area contributed by atoms with E-state index >= 15 is 0 Å². The van der Waals surface area contributed by atoms with Crippen LogP contribution in [0.1, 0.15) is 0 Å². The van der Waals surface area contributed by atoms with E-state index < -0.39 is 71.1 Å². The molecule has 2 aromatic carbocycles. The summed E-state index contributed by atoms with van der Waals surface area (Å²) >= 11 is 0. The molecule has 0 unspecified atom stereocenters. The number of fused-ring (bicyclic) bond motifs is 1. The van der Waals surface area contributed by atoms with Crippen LogP contribution in [0, 0.1) is 0 Å². The molecule has 1 aliphatic rings. The van der Waals surface area contributed by atoms with Crippen molar-refractivity contribution in [2.75, 3.05) is 20.8 Å². The van der Waals surface area contributed by atoms with Crippen molar-refractivity contribution in [3.63, 3.8) is 0 Å². The van der Waals surface area contributed by atoms with Gasteiger partial charge in [0.15, 0.2) is 28.8 Å². The molecule has 4 rings (SSSR count). The maximum absolute atomic E-state index is 13.6. The number of rotatable bonds is 6. The zero-order valence-corrected chi connectivity index (χ0v) is 19.0. The van der Waals surface area contributed by atoms with Gasteiger partial charge in [-0.25, -0.2) is 0 Å². The highest BCUT2D eigenvalue weighted by Crippen LogP contribution is 2.44. The third kappa shape index (κ3) is 4.12. The molecule has 2 heterocycles. The minimum atomic E-state index is -1.86. The number of methoxy groups -OCH3 is 2. The van der Waals surface area contributed by atoms with Crippen molar-refractivity contribution >= 4 is 11.0 Å². The van der Waals surface area contributed by atoms with Crippen molar-refractivity contribution < 1.29 is 59.1 Å². The van der Waals surface area contributed by atoms with Crippen LogP contribution in [0.15, 0.2) is 33.5 Å². The Kier molecular flexibility index (Phi) is 6.84. The lowest BCUT2D eigenvalue weighted by Gasteiger charge is -2.39. The summed E-state index contributed by atoms with van der Waals surface area (Å²) in [6, 6.07) is 4.95. The molecule has 1 fully saturated rings. The number of aromatic hydroxyl groups is 3. The first-order chi connectivity index (χ1) is 17.1. The quantitative estimate of drug-likeness (QED) is 0.230. The summed E-state index contributed by atoms with van der Waals surface area (Å²) in [6.45, 7) is -0.740. The fourth-order valence-electron chi connectivity index (χ4n) is 3.88. The van der Waals surface area contributed by atoms with Crippen LogP contribution < -0.4 is 19.6 Å². The van der Waals surface area contributed by atoms with Crippen molar-refractivity contribution in [1.82, 2.24) is 0 Å². The molecular formula is C23H24O13. The van der Waals surface area contributed by atoms with Crippen LogP contribution in [0.25, 0.3) is 22.3 Å². The number of phenolic OH excluding ortho intramolecular Hbond substituents is 3. The lowest BCUT2D eigenvalue weighted by molar-refractivity contribution is -0.277. The Morgan fingerprint density at radius 2 is 1.64 bits per heavy atom. The van der Waals surface area contributed by atoms with Crippen LogP contribution in [0.4, 0.5) is 0 Å². The van der Waals surface area contributed by atoms with E-state index in [0.29, 0.717) is 0 Å². The van der Waals surface area contributed by atoms with Crippen molar-refractivity contribution in [2.24, 2.45) is 0 Å². The standard InChI is InChI=1S/C23H24O13/c1-32-11-5-8(3-4-9(11)25)20-22(36-23-19(31)18(30)15(27)13(7-24)35-23)17(29)14-12(34-20)6-10(26)21(33-2)16(14)28/h3-6,13,15,18-19,23-28,30-31H,7H2,1-2H3/t13-,15+,18+,19-,23+/m1/s1. The number of aliphatic hydroxyl groups is 4. The number of hydrogen-bond acceptors (Lipinski definition) is 13. The van der Waals surface area contributed by atoms with Crippen LogP contribution in [0.2, 0.25) is 0 Å². The van der Waals surface area contributed by atoms with E-state index in [2.05, 4.69) is 0 Å². The first kappa shape index (κ1) is 25.3. The van der Waals surface area contributed by atoms with E-state index in [1.165, 1.54) is 25.3 Å². The molecule has 0 radical (unpaired) electrons. The van der Waals surface area contributed by atoms with E-state index in [1.807, 2.05) is 0 Å². The van der Waals surface area contributed by atoms with Gasteiger partial charge in [0, 0.05) is 11.6 Å². The van der Waals surface area contributed by atoms with Gasteiger partial charge in [0.2, 0.25) is 23.2 Å². The van der Waals surface area contributed by atoms with Gasteiger partial charge in [0.05, 0.1) is 20.8 Å². The van der Waals surface area contributed by atoms with Gasteiger partial charge in [-0.1, -0.05) is 0 Å². The highest BCUT2D eigenvalue weighted by molar-refractivity contribution is 5.91. The molecular weight excluding hydrogens is 484 g/mol. The van der Waals surface area contributed by atoms with Crippen molar-refractivity contribution in [3.8, 4) is 45.8 Å². The van der Waals surface area contributed by atoms with Crippen LogP contribution >= 0.6 is 0 Å². The molecule has 194 valence electrons. The Hall–Kier alpha value is -3.75. The van der Waals surface area contributed by atoms with Crippen molar-refractivity contribution in [3.05, 3.63) is 34.5 Å². The second kappa shape index (κ2) is 9.72. The molecule has 0 saturated carbocycles. The second-order valence-corrected chi connectivity index (χ2v) is 7.94. The van der Waals surface area contributed by atoms with E-state index in [1.54, 1.807) is 0 Å².